The third-order valence-electron chi connectivity index (χ3n) is 3.34. The first-order chi connectivity index (χ1) is 10.1. The first kappa shape index (κ1) is 15.7. The van der Waals surface area contributed by atoms with E-state index in [4.69, 9.17) is 0 Å². The van der Waals surface area contributed by atoms with Crippen molar-refractivity contribution in [2.45, 2.75) is 24.8 Å². The van der Waals surface area contributed by atoms with Gasteiger partial charge in [0.2, 0.25) is 0 Å². The van der Waals surface area contributed by atoms with Gasteiger partial charge in [-0.05, 0) is 24.1 Å². The van der Waals surface area contributed by atoms with E-state index in [-0.39, 0.29) is 5.03 Å². The Kier molecular flexibility index (Phi) is 5.09. The maximum absolute atomic E-state index is 12.7. The maximum Gasteiger partial charge on any atom is 0.260 e. The van der Waals surface area contributed by atoms with Crippen molar-refractivity contribution in [2.24, 2.45) is 0 Å². The smallest absolute Gasteiger partial charge is 0.243 e. The van der Waals surface area contributed by atoms with Gasteiger partial charge < -0.3 is 0 Å². The lowest BCUT2D eigenvalue weighted by atomic mass is 10.1. The van der Waals surface area contributed by atoms with E-state index in [1.54, 1.807) is 19.2 Å². The van der Waals surface area contributed by atoms with Crippen LogP contribution in [-0.4, -0.2) is 31.3 Å². The molecule has 2 aromatic rings. The zero-order chi connectivity index (χ0) is 15.3. The van der Waals surface area contributed by atoms with Gasteiger partial charge in [-0.1, -0.05) is 43.7 Å². The summed E-state index contributed by atoms with van der Waals surface area (Å²) in [5.41, 5.74) is 1.49. The van der Waals surface area contributed by atoms with Crippen molar-refractivity contribution >= 4 is 10.0 Å². The molecule has 0 aliphatic carbocycles. The molecule has 21 heavy (non-hydrogen) atoms. The molecular formula is C16H20N2O2S. The Morgan fingerprint density at radius 1 is 1.10 bits per heavy atom. The van der Waals surface area contributed by atoms with Crippen molar-refractivity contribution in [3.63, 3.8) is 0 Å². The lowest BCUT2D eigenvalue weighted by molar-refractivity contribution is 0.457. The highest BCUT2D eigenvalue weighted by Crippen LogP contribution is 2.27. The van der Waals surface area contributed by atoms with Gasteiger partial charge >= 0.3 is 0 Å². The van der Waals surface area contributed by atoms with Gasteiger partial charge in [-0.3, -0.25) is 0 Å². The number of hydrogen-bond donors (Lipinski definition) is 0. The summed E-state index contributed by atoms with van der Waals surface area (Å²) in [6.07, 6.45) is 3.31. The second kappa shape index (κ2) is 6.83. The molecule has 112 valence electrons. The zero-order valence-electron chi connectivity index (χ0n) is 12.4. The van der Waals surface area contributed by atoms with Gasteiger partial charge in [0, 0.05) is 25.4 Å². The fourth-order valence-corrected chi connectivity index (χ4v) is 3.40. The van der Waals surface area contributed by atoms with Crippen molar-refractivity contribution in [1.29, 1.82) is 0 Å². The van der Waals surface area contributed by atoms with E-state index in [1.807, 2.05) is 37.3 Å². The minimum absolute atomic E-state index is 0.120. The molecule has 0 aliphatic rings. The number of rotatable bonds is 6. The van der Waals surface area contributed by atoms with Crippen LogP contribution >= 0.6 is 0 Å². The van der Waals surface area contributed by atoms with Crippen LogP contribution in [0.2, 0.25) is 0 Å². The van der Waals surface area contributed by atoms with Gasteiger partial charge in [0.25, 0.3) is 10.0 Å². The van der Waals surface area contributed by atoms with Crippen molar-refractivity contribution < 1.29 is 8.42 Å². The summed E-state index contributed by atoms with van der Waals surface area (Å²) in [6, 6.07) is 13.0. The van der Waals surface area contributed by atoms with E-state index in [0.29, 0.717) is 12.1 Å². The Labute approximate surface area is 126 Å². The van der Waals surface area contributed by atoms with E-state index in [9.17, 15) is 8.42 Å². The Morgan fingerprint density at radius 3 is 2.48 bits per heavy atom. The van der Waals surface area contributed by atoms with Gasteiger partial charge in [-0.15, -0.1) is 0 Å². The summed E-state index contributed by atoms with van der Waals surface area (Å²) in [5, 5.41) is 0.120. The highest BCUT2D eigenvalue weighted by Gasteiger charge is 2.25. The van der Waals surface area contributed by atoms with E-state index in [0.717, 1.165) is 18.4 Å². The van der Waals surface area contributed by atoms with Crippen LogP contribution in [0.3, 0.4) is 0 Å². The van der Waals surface area contributed by atoms with Crippen LogP contribution in [0.15, 0.2) is 53.7 Å². The average molecular weight is 304 g/mol. The lowest BCUT2D eigenvalue weighted by Gasteiger charge is -2.18. The SMILES string of the molecule is CCCCN(C)S(=O)(=O)c1ncccc1-c1ccccc1. The third kappa shape index (κ3) is 3.49. The van der Waals surface area contributed by atoms with Crippen molar-refractivity contribution in [3.05, 3.63) is 48.7 Å². The fraction of sp³-hybridized carbons (Fsp3) is 0.312. The first-order valence-electron chi connectivity index (χ1n) is 7.04. The third-order valence-corrected chi connectivity index (χ3v) is 5.15. The molecule has 1 aromatic heterocycles. The standard InChI is InChI=1S/C16H20N2O2S/c1-3-4-13-18(2)21(19,20)16-15(11-8-12-17-16)14-9-6-5-7-10-14/h5-12H,3-4,13H2,1-2H3. The summed E-state index contributed by atoms with van der Waals surface area (Å²) in [6.45, 7) is 2.54. The molecule has 0 bridgehead atoms. The fourth-order valence-electron chi connectivity index (χ4n) is 2.08. The van der Waals surface area contributed by atoms with Crippen LogP contribution in [0.1, 0.15) is 19.8 Å². The minimum Gasteiger partial charge on any atom is -0.243 e. The molecule has 4 nitrogen and oxygen atoms in total. The molecule has 1 aromatic carbocycles. The molecule has 0 spiro atoms. The van der Waals surface area contributed by atoms with Crippen molar-refractivity contribution in [1.82, 2.24) is 9.29 Å². The predicted octanol–water partition coefficient (Wildman–Crippen LogP) is 3.17. The zero-order valence-corrected chi connectivity index (χ0v) is 13.2. The Hall–Kier alpha value is -1.72. The molecular weight excluding hydrogens is 284 g/mol. The van der Waals surface area contributed by atoms with Gasteiger partial charge in [0.05, 0.1) is 0 Å². The molecule has 0 saturated carbocycles. The number of unbranched alkanes of at least 4 members (excludes halogenated alkanes) is 1. The first-order valence-corrected chi connectivity index (χ1v) is 8.48. The normalized spacial score (nSPS) is 11.8. The van der Waals surface area contributed by atoms with Crippen molar-refractivity contribution in [2.75, 3.05) is 13.6 Å². The van der Waals surface area contributed by atoms with Gasteiger partial charge in [-0.25, -0.2) is 13.4 Å². The summed E-state index contributed by atoms with van der Waals surface area (Å²) < 4.78 is 26.8. The molecule has 0 saturated heterocycles. The number of nitrogens with zero attached hydrogens (tertiary/aromatic N) is 2. The summed E-state index contributed by atoms with van der Waals surface area (Å²) in [7, 11) is -1.96. The predicted molar refractivity (Wildman–Crippen MR) is 84.4 cm³/mol. The molecule has 0 N–H and O–H groups in total. The van der Waals surface area contributed by atoms with E-state index >= 15 is 0 Å². The topological polar surface area (TPSA) is 50.3 Å². The average Bonchev–Trinajstić information content (AvgIpc) is 2.53. The molecule has 0 unspecified atom stereocenters. The number of pyridine rings is 1. The quantitative estimate of drug-likeness (QED) is 0.823. The number of benzene rings is 1. The second-order valence-corrected chi connectivity index (χ2v) is 6.86. The van der Waals surface area contributed by atoms with Gasteiger partial charge in [0.1, 0.15) is 0 Å². The van der Waals surface area contributed by atoms with Crippen LogP contribution < -0.4 is 0 Å². The highest BCUT2D eigenvalue weighted by atomic mass is 32.2. The molecule has 0 atom stereocenters. The number of aromatic nitrogens is 1. The minimum atomic E-state index is -3.57. The van der Waals surface area contributed by atoms with Crippen molar-refractivity contribution in [3.8, 4) is 11.1 Å². The number of sulfonamides is 1. The monoisotopic (exact) mass is 304 g/mol. The maximum atomic E-state index is 12.7. The van der Waals surface area contributed by atoms with E-state index in [2.05, 4.69) is 4.98 Å². The molecule has 0 fully saturated rings. The Morgan fingerprint density at radius 2 is 1.81 bits per heavy atom. The summed E-state index contributed by atoms with van der Waals surface area (Å²) in [4.78, 5) is 4.13. The van der Waals surface area contributed by atoms with E-state index in [1.165, 1.54) is 10.5 Å². The Balaban J connectivity index is 2.45. The molecule has 0 radical (unpaired) electrons. The number of hydrogen-bond acceptors (Lipinski definition) is 3. The Bertz CT molecular complexity index is 684. The molecule has 2 rings (SSSR count). The van der Waals surface area contributed by atoms with Crippen LogP contribution in [0, 0.1) is 0 Å². The molecule has 5 heteroatoms. The van der Waals surface area contributed by atoms with Crippen LogP contribution in [-0.2, 0) is 10.0 Å². The second-order valence-electron chi connectivity index (χ2n) is 4.90. The molecule has 1 heterocycles. The van der Waals surface area contributed by atoms with Gasteiger partial charge in [-0.2, -0.15) is 4.31 Å². The molecule has 0 amide bonds. The lowest BCUT2D eigenvalue weighted by Crippen LogP contribution is -2.29. The summed E-state index contributed by atoms with van der Waals surface area (Å²) in [5.74, 6) is 0. The van der Waals surface area contributed by atoms with Crippen LogP contribution in [0.25, 0.3) is 11.1 Å². The largest absolute Gasteiger partial charge is 0.260 e. The highest BCUT2D eigenvalue weighted by molar-refractivity contribution is 7.89. The van der Waals surface area contributed by atoms with Crippen LogP contribution in [0.4, 0.5) is 0 Å². The summed E-state index contributed by atoms with van der Waals surface area (Å²) >= 11 is 0. The molecule has 0 aliphatic heterocycles. The van der Waals surface area contributed by atoms with E-state index < -0.39 is 10.0 Å². The van der Waals surface area contributed by atoms with Crippen LogP contribution in [0.5, 0.6) is 0 Å². The van der Waals surface area contributed by atoms with Gasteiger partial charge in [0.15, 0.2) is 5.03 Å².